The van der Waals surface area contributed by atoms with E-state index in [-0.39, 0.29) is 0 Å². The second-order valence-electron chi connectivity index (χ2n) is 11.0. The second kappa shape index (κ2) is 15.6. The van der Waals surface area contributed by atoms with Crippen molar-refractivity contribution in [3.8, 4) is 0 Å². The Morgan fingerprint density at radius 3 is 1.42 bits per heavy atom. The molecule has 206 valence electrons. The van der Waals surface area contributed by atoms with Crippen LogP contribution in [0.5, 0.6) is 0 Å². The minimum atomic E-state index is 0.570. The summed E-state index contributed by atoms with van der Waals surface area (Å²) in [7, 11) is 0. The standard InChI is InChI=1S/C32H46N4O2/c1-27-13-15-29(23-27)25-33-35(31-9-5-3-6-10-31)17-19-37-21-22-38-20-18-36(32-11-7-4-8-12-32)34-26-30-16-14-28(2)24-30/h3-12,25-30H,13-24H2,1-2H3/b33-25+,34-26+/t27?,28?,29-,30?/m1/s1. The first-order chi connectivity index (χ1) is 18.7. The van der Waals surface area contributed by atoms with Gasteiger partial charge in [0.15, 0.2) is 0 Å². The molecule has 6 heteroatoms. The maximum atomic E-state index is 5.91. The van der Waals surface area contributed by atoms with Crippen LogP contribution in [0, 0.1) is 23.7 Å². The molecule has 0 spiro atoms. The van der Waals surface area contributed by atoms with Gasteiger partial charge in [-0.3, -0.25) is 10.0 Å². The Hall–Kier alpha value is -2.70. The van der Waals surface area contributed by atoms with Gasteiger partial charge in [0.1, 0.15) is 0 Å². The van der Waals surface area contributed by atoms with Gasteiger partial charge in [-0.1, -0.05) is 63.1 Å². The molecule has 0 aliphatic heterocycles. The molecule has 2 aromatic carbocycles. The van der Waals surface area contributed by atoms with Crippen LogP contribution >= 0.6 is 0 Å². The minimum Gasteiger partial charge on any atom is -0.377 e. The number of hydrogen-bond donors (Lipinski definition) is 0. The summed E-state index contributed by atoms with van der Waals surface area (Å²) < 4.78 is 11.8. The Bertz CT molecular complexity index is 888. The molecule has 2 aliphatic rings. The molecule has 2 aliphatic carbocycles. The van der Waals surface area contributed by atoms with Crippen LogP contribution in [0.15, 0.2) is 70.9 Å². The Labute approximate surface area is 229 Å². The van der Waals surface area contributed by atoms with E-state index in [1.165, 1.54) is 38.5 Å². The molecule has 38 heavy (non-hydrogen) atoms. The van der Waals surface area contributed by atoms with E-state index in [0.29, 0.717) is 38.3 Å². The highest BCUT2D eigenvalue weighted by Gasteiger charge is 2.21. The van der Waals surface area contributed by atoms with Gasteiger partial charge in [0.05, 0.1) is 50.9 Å². The fourth-order valence-electron chi connectivity index (χ4n) is 5.45. The number of hydrazone groups is 2. The maximum absolute atomic E-state index is 5.91. The number of nitrogens with zero attached hydrogens (tertiary/aromatic N) is 4. The van der Waals surface area contributed by atoms with E-state index < -0.39 is 0 Å². The highest BCUT2D eigenvalue weighted by Crippen LogP contribution is 2.30. The zero-order valence-corrected chi connectivity index (χ0v) is 23.3. The lowest BCUT2D eigenvalue weighted by molar-refractivity contribution is 0.0529. The Morgan fingerprint density at radius 1 is 0.632 bits per heavy atom. The molecular weight excluding hydrogens is 472 g/mol. The molecule has 0 heterocycles. The van der Waals surface area contributed by atoms with Gasteiger partial charge < -0.3 is 9.47 Å². The summed E-state index contributed by atoms with van der Waals surface area (Å²) >= 11 is 0. The van der Waals surface area contributed by atoms with Crippen molar-refractivity contribution in [2.45, 2.75) is 52.4 Å². The smallest absolute Gasteiger partial charge is 0.0701 e. The van der Waals surface area contributed by atoms with Crippen molar-refractivity contribution >= 4 is 23.8 Å². The summed E-state index contributed by atoms with van der Waals surface area (Å²) in [6, 6.07) is 20.7. The normalized spacial score (nSPS) is 23.5. The average molecular weight is 519 g/mol. The van der Waals surface area contributed by atoms with Crippen LogP contribution in [0.4, 0.5) is 11.4 Å². The van der Waals surface area contributed by atoms with E-state index in [1.54, 1.807) is 0 Å². The fraction of sp³-hybridized carbons (Fsp3) is 0.562. The zero-order chi connectivity index (χ0) is 26.4. The lowest BCUT2D eigenvalue weighted by Crippen LogP contribution is -2.25. The summed E-state index contributed by atoms with van der Waals surface area (Å²) in [6.07, 6.45) is 11.9. The van der Waals surface area contributed by atoms with Crippen molar-refractivity contribution in [2.24, 2.45) is 33.9 Å². The van der Waals surface area contributed by atoms with Crippen LogP contribution in [-0.4, -0.2) is 51.9 Å². The van der Waals surface area contributed by atoms with E-state index >= 15 is 0 Å². The summed E-state index contributed by atoms with van der Waals surface area (Å²) in [5.74, 6) is 2.80. The van der Waals surface area contributed by atoms with Gasteiger partial charge in [0.2, 0.25) is 0 Å². The molecule has 4 rings (SSSR count). The first-order valence-electron chi connectivity index (χ1n) is 14.6. The number of hydrogen-bond acceptors (Lipinski definition) is 6. The molecule has 6 nitrogen and oxygen atoms in total. The van der Waals surface area contributed by atoms with Crippen LogP contribution in [0.2, 0.25) is 0 Å². The van der Waals surface area contributed by atoms with E-state index in [2.05, 4.69) is 84.8 Å². The molecule has 3 unspecified atom stereocenters. The van der Waals surface area contributed by atoms with Gasteiger partial charge in [0.25, 0.3) is 0 Å². The third-order valence-electron chi connectivity index (χ3n) is 7.68. The fourth-order valence-corrected chi connectivity index (χ4v) is 5.45. The molecule has 2 aromatic rings. The number of para-hydroxylation sites is 2. The third kappa shape index (κ3) is 9.55. The molecule has 0 aromatic heterocycles. The predicted octanol–water partition coefficient (Wildman–Crippen LogP) is 6.88. The minimum absolute atomic E-state index is 0.570. The van der Waals surface area contributed by atoms with Gasteiger partial charge >= 0.3 is 0 Å². The molecule has 0 amide bonds. The van der Waals surface area contributed by atoms with Crippen LogP contribution in [0.3, 0.4) is 0 Å². The van der Waals surface area contributed by atoms with Crippen molar-refractivity contribution in [1.82, 2.24) is 0 Å². The van der Waals surface area contributed by atoms with Crippen LogP contribution in [0.1, 0.15) is 52.4 Å². The van der Waals surface area contributed by atoms with Gasteiger partial charge in [-0.25, -0.2) is 0 Å². The van der Waals surface area contributed by atoms with Gasteiger partial charge in [-0.05, 0) is 73.6 Å². The van der Waals surface area contributed by atoms with E-state index in [9.17, 15) is 0 Å². The quantitative estimate of drug-likeness (QED) is 0.147. The van der Waals surface area contributed by atoms with E-state index in [0.717, 1.165) is 36.3 Å². The van der Waals surface area contributed by atoms with Gasteiger partial charge in [-0.15, -0.1) is 0 Å². The van der Waals surface area contributed by atoms with Crippen LogP contribution in [0.25, 0.3) is 0 Å². The van der Waals surface area contributed by atoms with Crippen LogP contribution in [-0.2, 0) is 9.47 Å². The molecule has 0 N–H and O–H groups in total. The molecule has 0 saturated heterocycles. The summed E-state index contributed by atoms with van der Waals surface area (Å²) in [5, 5.41) is 13.8. The molecule has 4 atom stereocenters. The first kappa shape index (κ1) is 28.3. The highest BCUT2D eigenvalue weighted by atomic mass is 16.5. The Kier molecular flexibility index (Phi) is 11.7. The van der Waals surface area contributed by atoms with Crippen molar-refractivity contribution in [3.05, 3.63) is 60.7 Å². The van der Waals surface area contributed by atoms with Crippen LogP contribution < -0.4 is 10.0 Å². The highest BCUT2D eigenvalue weighted by molar-refractivity contribution is 5.64. The number of rotatable bonds is 15. The Morgan fingerprint density at radius 2 is 1.05 bits per heavy atom. The van der Waals surface area contributed by atoms with E-state index in [4.69, 9.17) is 19.7 Å². The Balaban J connectivity index is 1.16. The largest absolute Gasteiger partial charge is 0.377 e. The average Bonchev–Trinajstić information content (AvgIpc) is 3.57. The molecular formula is C32H46N4O2. The SMILES string of the molecule is CC1CCC(/C=N/N(CCOCCOCCN(/N=C/[C@@H]2CCC(C)C2)c2ccccc2)c2ccccc2)C1. The molecule has 0 radical (unpaired) electrons. The van der Waals surface area contributed by atoms with Gasteiger partial charge in [-0.2, -0.15) is 10.2 Å². The number of ether oxygens (including phenoxy) is 2. The lowest BCUT2D eigenvalue weighted by atomic mass is 10.1. The zero-order valence-electron chi connectivity index (χ0n) is 23.3. The summed E-state index contributed by atoms with van der Waals surface area (Å²) in [5.41, 5.74) is 2.20. The van der Waals surface area contributed by atoms with Crippen molar-refractivity contribution in [2.75, 3.05) is 49.5 Å². The summed E-state index contributed by atoms with van der Waals surface area (Å²) in [6.45, 7) is 8.47. The predicted molar refractivity (Wildman–Crippen MR) is 159 cm³/mol. The maximum Gasteiger partial charge on any atom is 0.0701 e. The third-order valence-corrected chi connectivity index (χ3v) is 7.68. The molecule has 2 saturated carbocycles. The van der Waals surface area contributed by atoms with Crippen molar-refractivity contribution < 1.29 is 9.47 Å². The van der Waals surface area contributed by atoms with E-state index in [1.807, 2.05) is 12.1 Å². The number of anilines is 2. The topological polar surface area (TPSA) is 49.7 Å². The first-order valence-corrected chi connectivity index (χ1v) is 14.6. The lowest BCUT2D eigenvalue weighted by Gasteiger charge is -2.20. The molecule has 0 bridgehead atoms. The molecule has 2 fully saturated rings. The number of benzene rings is 2. The monoisotopic (exact) mass is 518 g/mol. The van der Waals surface area contributed by atoms with Gasteiger partial charge in [0, 0.05) is 12.4 Å². The van der Waals surface area contributed by atoms with Crippen molar-refractivity contribution in [1.29, 1.82) is 0 Å². The van der Waals surface area contributed by atoms with Crippen molar-refractivity contribution in [3.63, 3.8) is 0 Å². The second-order valence-corrected chi connectivity index (χ2v) is 11.0. The summed E-state index contributed by atoms with van der Waals surface area (Å²) in [4.78, 5) is 0.